The molecule has 2 heterocycles. The number of fused-ring (bicyclic) bond motifs is 1. The number of benzene rings is 2. The molecule has 0 amide bonds. The fourth-order valence-corrected chi connectivity index (χ4v) is 4.56. The van der Waals surface area contributed by atoms with E-state index in [0.29, 0.717) is 27.7 Å². The van der Waals surface area contributed by atoms with Gasteiger partial charge in [0.2, 0.25) is 15.7 Å². The summed E-state index contributed by atoms with van der Waals surface area (Å²) in [5, 5.41) is 10.1. The number of sulfone groups is 1. The Bertz CT molecular complexity index is 1650. The molecular formula is C25H18ClN3O5S. The maximum atomic E-state index is 13.4. The van der Waals surface area contributed by atoms with E-state index in [1.165, 1.54) is 42.0 Å². The van der Waals surface area contributed by atoms with Gasteiger partial charge in [-0.1, -0.05) is 17.7 Å². The standard InChI is InChI=1S/C25H18ClN3O5S/c1-16-4-3-13-29-23(16)28-24(34-19-9-7-18(33-2)8-10-19)22(25(29)30)14-21(15-27)35(31,32)20-11-5-17(26)6-12-20/h3-14H,1-2H3/b21-14-. The Kier molecular flexibility index (Phi) is 6.60. The fourth-order valence-electron chi connectivity index (χ4n) is 3.29. The molecule has 0 aliphatic rings. The number of hydrogen-bond acceptors (Lipinski definition) is 7. The minimum absolute atomic E-state index is 0.142. The number of methoxy groups -OCH3 is 1. The number of allylic oxidation sites excluding steroid dienone is 1. The summed E-state index contributed by atoms with van der Waals surface area (Å²) in [6.45, 7) is 1.78. The van der Waals surface area contributed by atoms with Crippen LogP contribution in [-0.4, -0.2) is 24.9 Å². The van der Waals surface area contributed by atoms with E-state index in [2.05, 4.69) is 4.98 Å². The summed E-state index contributed by atoms with van der Waals surface area (Å²) in [5.74, 6) is 0.790. The van der Waals surface area contributed by atoms with Gasteiger partial charge in [-0.3, -0.25) is 9.20 Å². The molecule has 0 spiro atoms. The zero-order valence-electron chi connectivity index (χ0n) is 18.6. The average Bonchev–Trinajstić information content (AvgIpc) is 2.85. The molecule has 0 fully saturated rings. The van der Waals surface area contributed by atoms with E-state index in [4.69, 9.17) is 21.1 Å². The molecule has 0 bridgehead atoms. The van der Waals surface area contributed by atoms with Gasteiger partial charge in [-0.05, 0) is 73.2 Å². The summed E-state index contributed by atoms with van der Waals surface area (Å²) in [5.41, 5.74) is 0.241. The van der Waals surface area contributed by atoms with Crippen molar-refractivity contribution in [1.29, 1.82) is 5.26 Å². The molecule has 0 unspecified atom stereocenters. The highest BCUT2D eigenvalue weighted by molar-refractivity contribution is 7.95. The molecule has 4 aromatic rings. The first-order valence-electron chi connectivity index (χ1n) is 10.2. The van der Waals surface area contributed by atoms with Crippen molar-refractivity contribution in [3.05, 3.63) is 98.3 Å². The minimum Gasteiger partial charge on any atom is -0.497 e. The largest absolute Gasteiger partial charge is 0.497 e. The van der Waals surface area contributed by atoms with Gasteiger partial charge < -0.3 is 9.47 Å². The van der Waals surface area contributed by atoms with Crippen LogP contribution in [0.3, 0.4) is 0 Å². The van der Waals surface area contributed by atoms with Gasteiger partial charge in [0.25, 0.3) is 5.56 Å². The Hall–Kier alpha value is -4.13. The number of aryl methyl sites for hydroxylation is 1. The van der Waals surface area contributed by atoms with Crippen LogP contribution in [0.4, 0.5) is 0 Å². The van der Waals surface area contributed by atoms with Gasteiger partial charge in [-0.15, -0.1) is 0 Å². The first-order valence-corrected chi connectivity index (χ1v) is 12.1. The molecule has 0 aliphatic carbocycles. The lowest BCUT2D eigenvalue weighted by atomic mass is 10.2. The van der Waals surface area contributed by atoms with E-state index >= 15 is 0 Å². The predicted octanol–water partition coefficient (Wildman–Crippen LogP) is 4.80. The number of nitriles is 1. The van der Waals surface area contributed by atoms with Gasteiger partial charge in [0.05, 0.1) is 12.0 Å². The SMILES string of the molecule is COc1ccc(Oc2nc3c(C)cccn3c(=O)c2/C=C(/C#N)S(=O)(=O)c2ccc(Cl)cc2)cc1. The molecule has 4 rings (SSSR count). The van der Waals surface area contributed by atoms with E-state index in [9.17, 15) is 18.5 Å². The molecular weight excluding hydrogens is 490 g/mol. The van der Waals surface area contributed by atoms with E-state index in [0.717, 1.165) is 6.08 Å². The van der Waals surface area contributed by atoms with Gasteiger partial charge in [0, 0.05) is 11.2 Å². The zero-order valence-corrected chi connectivity index (χ0v) is 20.2. The molecule has 0 saturated carbocycles. The summed E-state index contributed by atoms with van der Waals surface area (Å²) in [4.78, 5) is 17.1. The van der Waals surface area contributed by atoms with E-state index in [-0.39, 0.29) is 16.3 Å². The number of rotatable bonds is 6. The monoisotopic (exact) mass is 507 g/mol. The van der Waals surface area contributed by atoms with Crippen LogP contribution in [0.25, 0.3) is 11.7 Å². The number of nitrogens with zero attached hydrogens (tertiary/aromatic N) is 3. The third kappa shape index (κ3) is 4.75. The second kappa shape index (κ2) is 9.62. The van der Waals surface area contributed by atoms with E-state index in [1.807, 2.05) is 0 Å². The van der Waals surface area contributed by atoms with Crippen LogP contribution in [0.2, 0.25) is 5.02 Å². The second-order valence-electron chi connectivity index (χ2n) is 7.38. The zero-order chi connectivity index (χ0) is 25.2. The first kappa shape index (κ1) is 24.0. The summed E-state index contributed by atoms with van der Waals surface area (Å²) in [6.07, 6.45) is 2.48. The summed E-state index contributed by atoms with van der Waals surface area (Å²) >= 11 is 5.86. The molecule has 10 heteroatoms. The van der Waals surface area contributed by atoms with Gasteiger partial charge in [-0.2, -0.15) is 10.2 Å². The maximum absolute atomic E-state index is 13.4. The van der Waals surface area contributed by atoms with Crippen molar-refractivity contribution >= 4 is 33.2 Å². The Morgan fingerprint density at radius 1 is 1.09 bits per heavy atom. The lowest BCUT2D eigenvalue weighted by Gasteiger charge is -2.12. The van der Waals surface area contributed by atoms with Gasteiger partial charge in [0.15, 0.2) is 0 Å². The third-order valence-corrected chi connectivity index (χ3v) is 7.06. The molecule has 0 atom stereocenters. The minimum atomic E-state index is -4.25. The molecule has 2 aromatic heterocycles. The summed E-state index contributed by atoms with van der Waals surface area (Å²) in [7, 11) is -2.72. The first-order chi connectivity index (χ1) is 16.7. The molecule has 35 heavy (non-hydrogen) atoms. The van der Waals surface area contributed by atoms with Gasteiger partial charge >= 0.3 is 0 Å². The molecule has 2 aromatic carbocycles. The maximum Gasteiger partial charge on any atom is 0.269 e. The van der Waals surface area contributed by atoms with Crippen LogP contribution in [0.15, 0.2) is 81.5 Å². The Labute approximate surface area is 206 Å². The molecule has 8 nitrogen and oxygen atoms in total. The van der Waals surface area contributed by atoms with Crippen molar-refractivity contribution in [3.63, 3.8) is 0 Å². The topological polar surface area (TPSA) is 111 Å². The van der Waals surface area contributed by atoms with E-state index in [1.54, 1.807) is 49.4 Å². The Balaban J connectivity index is 1.93. The lowest BCUT2D eigenvalue weighted by Crippen LogP contribution is -2.20. The van der Waals surface area contributed by atoms with Crippen molar-refractivity contribution in [1.82, 2.24) is 9.38 Å². The molecule has 0 saturated heterocycles. The highest BCUT2D eigenvalue weighted by atomic mass is 35.5. The van der Waals surface area contributed by atoms with Crippen LogP contribution < -0.4 is 15.0 Å². The van der Waals surface area contributed by atoms with Crippen LogP contribution in [0.5, 0.6) is 17.4 Å². The third-order valence-electron chi connectivity index (χ3n) is 5.12. The van der Waals surface area contributed by atoms with Crippen LogP contribution in [0, 0.1) is 18.3 Å². The van der Waals surface area contributed by atoms with Crippen LogP contribution in [-0.2, 0) is 9.84 Å². The smallest absolute Gasteiger partial charge is 0.269 e. The Morgan fingerprint density at radius 2 is 1.74 bits per heavy atom. The average molecular weight is 508 g/mol. The lowest BCUT2D eigenvalue weighted by molar-refractivity contribution is 0.412. The molecule has 176 valence electrons. The second-order valence-corrected chi connectivity index (χ2v) is 9.73. The van der Waals surface area contributed by atoms with E-state index < -0.39 is 20.3 Å². The number of aromatic nitrogens is 2. The molecule has 0 N–H and O–H groups in total. The highest BCUT2D eigenvalue weighted by Crippen LogP contribution is 2.28. The number of pyridine rings is 1. The number of halogens is 1. The predicted molar refractivity (Wildman–Crippen MR) is 131 cm³/mol. The summed E-state index contributed by atoms with van der Waals surface area (Å²) < 4.78 is 38.6. The van der Waals surface area contributed by atoms with Crippen LogP contribution >= 0.6 is 11.6 Å². The molecule has 0 aliphatic heterocycles. The van der Waals surface area contributed by atoms with Gasteiger partial charge in [0.1, 0.15) is 33.7 Å². The summed E-state index contributed by atoms with van der Waals surface area (Å²) in [6, 6.07) is 17.1. The fraction of sp³-hybridized carbons (Fsp3) is 0.0800. The van der Waals surface area contributed by atoms with Crippen molar-refractivity contribution in [2.24, 2.45) is 0 Å². The van der Waals surface area contributed by atoms with Gasteiger partial charge in [-0.25, -0.2) is 8.42 Å². The Morgan fingerprint density at radius 3 is 2.37 bits per heavy atom. The van der Waals surface area contributed by atoms with Crippen molar-refractivity contribution < 1.29 is 17.9 Å². The van der Waals surface area contributed by atoms with Crippen molar-refractivity contribution in [3.8, 4) is 23.4 Å². The molecule has 0 radical (unpaired) electrons. The van der Waals surface area contributed by atoms with Crippen LogP contribution in [0.1, 0.15) is 11.1 Å². The number of ether oxygens (including phenoxy) is 2. The quantitative estimate of drug-likeness (QED) is 0.345. The normalized spacial score (nSPS) is 11.8. The number of hydrogen-bond donors (Lipinski definition) is 0. The highest BCUT2D eigenvalue weighted by Gasteiger charge is 2.24. The van der Waals surface area contributed by atoms with Crippen molar-refractivity contribution in [2.45, 2.75) is 11.8 Å². The van der Waals surface area contributed by atoms with Crippen molar-refractivity contribution in [2.75, 3.05) is 7.11 Å².